The fourth-order valence-electron chi connectivity index (χ4n) is 1.23. The van der Waals surface area contributed by atoms with E-state index in [9.17, 15) is 9.59 Å². The molecule has 0 aromatic carbocycles. The van der Waals surface area contributed by atoms with Gasteiger partial charge in [-0.1, -0.05) is 27.7 Å². The third-order valence-corrected chi connectivity index (χ3v) is 2.51. The van der Waals surface area contributed by atoms with E-state index < -0.39 is 24.1 Å². The molecule has 0 aliphatic heterocycles. The van der Waals surface area contributed by atoms with Gasteiger partial charge in [-0.2, -0.15) is 0 Å². The molecule has 8 heteroatoms. The molecule has 0 spiro atoms. The van der Waals surface area contributed by atoms with Gasteiger partial charge in [-0.25, -0.2) is 9.59 Å². The van der Waals surface area contributed by atoms with Gasteiger partial charge in [-0.05, 0) is 51.9 Å². The number of aliphatic carboxylic acids is 2. The molecule has 0 aliphatic carbocycles. The summed E-state index contributed by atoms with van der Waals surface area (Å²) in [7, 11) is 0. The number of carboxylic acids is 2. The van der Waals surface area contributed by atoms with Crippen LogP contribution in [-0.4, -0.2) is 70.8 Å². The van der Waals surface area contributed by atoms with E-state index >= 15 is 0 Å². The van der Waals surface area contributed by atoms with Crippen LogP contribution in [0.3, 0.4) is 0 Å². The van der Waals surface area contributed by atoms with Gasteiger partial charge in [-0.15, -0.1) is 0 Å². The Bertz CT molecular complexity index is 254. The first-order chi connectivity index (χ1) is 11.3. The molecule has 2 atom stereocenters. The van der Waals surface area contributed by atoms with E-state index in [2.05, 4.69) is 38.3 Å². The molecule has 0 rings (SSSR count). The number of aliphatic hydroxyl groups excluding tert-OH is 2. The molecular weight excluding hydrogens is 316 g/mol. The van der Waals surface area contributed by atoms with Crippen LogP contribution in [0.5, 0.6) is 0 Å². The zero-order valence-corrected chi connectivity index (χ0v) is 15.4. The van der Waals surface area contributed by atoms with Crippen LogP contribution in [-0.2, 0) is 9.59 Å². The molecule has 8 nitrogen and oxygen atoms in total. The van der Waals surface area contributed by atoms with E-state index in [4.69, 9.17) is 20.4 Å². The first-order valence-corrected chi connectivity index (χ1v) is 8.53. The van der Waals surface area contributed by atoms with Crippen LogP contribution in [0.4, 0.5) is 0 Å². The Kier molecular flexibility index (Phi) is 25.1. The van der Waals surface area contributed by atoms with Crippen molar-refractivity contribution in [2.45, 2.75) is 65.6 Å². The van der Waals surface area contributed by atoms with E-state index in [-0.39, 0.29) is 0 Å². The molecule has 0 radical (unpaired) electrons. The fourth-order valence-corrected chi connectivity index (χ4v) is 1.23. The van der Waals surface area contributed by atoms with E-state index in [1.54, 1.807) is 0 Å². The third kappa shape index (κ3) is 23.1. The Morgan fingerprint density at radius 1 is 0.667 bits per heavy atom. The molecule has 0 aliphatic rings. The average Bonchev–Trinajstić information content (AvgIpc) is 2.55. The summed E-state index contributed by atoms with van der Waals surface area (Å²) in [6.45, 7) is 13.4. The number of nitrogens with one attached hydrogen (secondary N) is 2. The average molecular weight is 352 g/mol. The Morgan fingerprint density at radius 3 is 1.00 bits per heavy atom. The Morgan fingerprint density at radius 2 is 0.875 bits per heavy atom. The van der Waals surface area contributed by atoms with Gasteiger partial charge in [0.2, 0.25) is 0 Å². The van der Waals surface area contributed by atoms with Crippen LogP contribution < -0.4 is 10.6 Å². The van der Waals surface area contributed by atoms with Crippen molar-refractivity contribution in [2.75, 3.05) is 26.2 Å². The molecule has 0 saturated carbocycles. The van der Waals surface area contributed by atoms with Crippen LogP contribution in [0.1, 0.15) is 53.4 Å². The lowest BCUT2D eigenvalue weighted by Gasteiger charge is -2.07. The number of hydrogen-bond acceptors (Lipinski definition) is 6. The zero-order chi connectivity index (χ0) is 19.4. The van der Waals surface area contributed by atoms with E-state index in [0.717, 1.165) is 0 Å². The highest BCUT2D eigenvalue weighted by molar-refractivity contribution is 5.83. The maximum absolute atomic E-state index is 9.77. The maximum Gasteiger partial charge on any atom is 0.335 e. The SMILES string of the molecule is CCCNCCC.CCCNCCC.O=C(O)C(O)C(O)C(=O)O. The van der Waals surface area contributed by atoms with Crippen LogP contribution in [0.2, 0.25) is 0 Å². The maximum atomic E-state index is 9.77. The van der Waals surface area contributed by atoms with Gasteiger partial charge in [0.05, 0.1) is 0 Å². The fraction of sp³-hybridized carbons (Fsp3) is 0.875. The largest absolute Gasteiger partial charge is 0.479 e. The van der Waals surface area contributed by atoms with Crippen molar-refractivity contribution in [3.8, 4) is 0 Å². The summed E-state index contributed by atoms with van der Waals surface area (Å²) in [5.41, 5.74) is 0. The molecule has 146 valence electrons. The van der Waals surface area contributed by atoms with E-state index in [1.165, 1.54) is 51.9 Å². The molecule has 0 bridgehead atoms. The lowest BCUT2D eigenvalue weighted by Crippen LogP contribution is -2.39. The van der Waals surface area contributed by atoms with Crippen LogP contribution in [0.25, 0.3) is 0 Å². The number of carbonyl (C=O) groups is 2. The summed E-state index contributed by atoms with van der Waals surface area (Å²) in [6, 6.07) is 0. The minimum atomic E-state index is -2.27. The second kappa shape index (κ2) is 21.8. The highest BCUT2D eigenvalue weighted by Gasteiger charge is 2.29. The highest BCUT2D eigenvalue weighted by atomic mass is 16.4. The number of rotatable bonds is 11. The van der Waals surface area contributed by atoms with Crippen molar-refractivity contribution in [3.05, 3.63) is 0 Å². The smallest absolute Gasteiger partial charge is 0.335 e. The van der Waals surface area contributed by atoms with Gasteiger partial charge >= 0.3 is 11.9 Å². The van der Waals surface area contributed by atoms with Crippen molar-refractivity contribution in [2.24, 2.45) is 0 Å². The lowest BCUT2D eigenvalue weighted by atomic mass is 10.2. The minimum Gasteiger partial charge on any atom is -0.479 e. The van der Waals surface area contributed by atoms with Crippen molar-refractivity contribution in [1.29, 1.82) is 0 Å². The first kappa shape index (κ1) is 27.6. The quantitative estimate of drug-likeness (QED) is 0.298. The molecule has 0 fully saturated rings. The normalized spacial score (nSPS) is 12.1. The summed E-state index contributed by atoms with van der Waals surface area (Å²) < 4.78 is 0. The first-order valence-electron chi connectivity index (χ1n) is 8.53. The van der Waals surface area contributed by atoms with Crippen LogP contribution in [0.15, 0.2) is 0 Å². The third-order valence-electron chi connectivity index (χ3n) is 2.51. The van der Waals surface area contributed by atoms with Crippen molar-refractivity contribution in [3.63, 3.8) is 0 Å². The molecule has 0 aromatic heterocycles. The number of hydrogen-bond donors (Lipinski definition) is 6. The van der Waals surface area contributed by atoms with Crippen LogP contribution >= 0.6 is 0 Å². The zero-order valence-electron chi connectivity index (χ0n) is 15.4. The molecular formula is C16H36N2O6. The summed E-state index contributed by atoms with van der Waals surface area (Å²) in [4.78, 5) is 19.5. The Hall–Kier alpha value is -1.22. The second-order valence-electron chi connectivity index (χ2n) is 5.07. The molecule has 0 aromatic rings. The monoisotopic (exact) mass is 352 g/mol. The van der Waals surface area contributed by atoms with Crippen molar-refractivity contribution < 1.29 is 30.0 Å². The Balaban J connectivity index is -0.000000283. The van der Waals surface area contributed by atoms with Gasteiger partial charge in [-0.3, -0.25) is 0 Å². The molecule has 6 N–H and O–H groups in total. The minimum absolute atomic E-state index is 1.17. The summed E-state index contributed by atoms with van der Waals surface area (Å²) in [5.74, 6) is -3.54. The highest BCUT2D eigenvalue weighted by Crippen LogP contribution is 1.92. The van der Waals surface area contributed by atoms with Gasteiger partial charge < -0.3 is 31.1 Å². The predicted molar refractivity (Wildman–Crippen MR) is 94.2 cm³/mol. The topological polar surface area (TPSA) is 139 Å². The number of aliphatic hydroxyl groups is 2. The molecule has 24 heavy (non-hydrogen) atoms. The van der Waals surface area contributed by atoms with E-state index in [0.29, 0.717) is 0 Å². The summed E-state index contributed by atoms with van der Waals surface area (Å²) >= 11 is 0. The second-order valence-corrected chi connectivity index (χ2v) is 5.07. The molecule has 0 saturated heterocycles. The van der Waals surface area contributed by atoms with Crippen molar-refractivity contribution in [1.82, 2.24) is 10.6 Å². The molecule has 2 unspecified atom stereocenters. The molecule has 0 amide bonds. The van der Waals surface area contributed by atoms with Gasteiger partial charge in [0, 0.05) is 0 Å². The standard InChI is InChI=1S/2C6H15N.C4H6O6/c2*1-3-5-7-6-4-2;5-1(3(7)8)2(6)4(9)10/h2*7H,3-6H2,1-2H3;1-2,5-6H,(H,7,8)(H,9,10). The summed E-state index contributed by atoms with van der Waals surface area (Å²) in [6.07, 6.45) is 0.468. The van der Waals surface area contributed by atoms with Gasteiger partial charge in [0.1, 0.15) is 0 Å². The van der Waals surface area contributed by atoms with Crippen molar-refractivity contribution >= 4 is 11.9 Å². The Labute approximate surface area is 145 Å². The van der Waals surface area contributed by atoms with Gasteiger partial charge in [0.25, 0.3) is 0 Å². The molecule has 0 heterocycles. The number of carboxylic acid groups (broad SMARTS) is 2. The lowest BCUT2D eigenvalue weighted by molar-refractivity contribution is -0.165. The van der Waals surface area contributed by atoms with E-state index in [1.807, 2.05) is 0 Å². The summed E-state index contributed by atoms with van der Waals surface area (Å²) in [5, 5.41) is 39.1. The van der Waals surface area contributed by atoms with Crippen LogP contribution in [0, 0.1) is 0 Å². The van der Waals surface area contributed by atoms with Gasteiger partial charge in [0.15, 0.2) is 12.2 Å². The predicted octanol–water partition coefficient (Wildman–Crippen LogP) is 0.669.